The van der Waals surface area contributed by atoms with Gasteiger partial charge in [0.05, 0.1) is 25.7 Å². The second kappa shape index (κ2) is 18.2. The fourth-order valence-electron chi connectivity index (χ4n) is 2.07. The zero-order chi connectivity index (χ0) is 22.8. The summed E-state index contributed by atoms with van der Waals surface area (Å²) in [4.78, 5) is 42.7. The number of aliphatic carboxylic acids is 4. The van der Waals surface area contributed by atoms with Crippen LogP contribution in [0.15, 0.2) is 0 Å². The van der Waals surface area contributed by atoms with Crippen LogP contribution in [0, 0.1) is 0 Å². The van der Waals surface area contributed by atoms with Crippen LogP contribution in [0.3, 0.4) is 0 Å². The van der Waals surface area contributed by atoms with Gasteiger partial charge in [-0.2, -0.15) is 0 Å². The van der Waals surface area contributed by atoms with Gasteiger partial charge in [0.2, 0.25) is 0 Å². The van der Waals surface area contributed by atoms with Crippen molar-refractivity contribution in [2.24, 2.45) is 0 Å². The van der Waals surface area contributed by atoms with E-state index in [1.165, 1.54) is 0 Å². The van der Waals surface area contributed by atoms with Crippen LogP contribution in [0.2, 0.25) is 0 Å². The molecule has 0 spiro atoms. The van der Waals surface area contributed by atoms with Gasteiger partial charge in [-0.1, -0.05) is 21.6 Å². The first-order valence-corrected chi connectivity index (χ1v) is 11.8. The summed E-state index contributed by atoms with van der Waals surface area (Å²) in [6.07, 6.45) is -0.332. The molecule has 6 N–H and O–H groups in total. The van der Waals surface area contributed by atoms with Crippen molar-refractivity contribution in [1.82, 2.24) is 20.9 Å². The highest BCUT2D eigenvalue weighted by molar-refractivity contribution is 8.76. The fraction of sp³-hybridized carbons (Fsp3) is 0.750. The Morgan fingerprint density at radius 1 is 0.567 bits per heavy atom. The van der Waals surface area contributed by atoms with Crippen LogP contribution in [-0.4, -0.2) is 105 Å². The summed E-state index contributed by atoms with van der Waals surface area (Å²) in [5.74, 6) is -2.37. The lowest BCUT2D eigenvalue weighted by molar-refractivity contribution is -0.139. The van der Waals surface area contributed by atoms with Crippen molar-refractivity contribution < 1.29 is 39.6 Å². The molecule has 0 atom stereocenters. The predicted octanol–water partition coefficient (Wildman–Crippen LogP) is -0.120. The highest BCUT2D eigenvalue weighted by Crippen LogP contribution is 2.19. The standard InChI is InChI=1S/C16H30N4O8S2/c21-13(22)1-7-19(8-2-14(23)24)17-5-11-29-30-12-6-18-20(9-3-15(25)26)10-4-16(27)28/h17-18H,1-12H2,(H,21,22)(H,23,24)(H,25,26)(H,27,28). The Labute approximate surface area is 182 Å². The first-order chi connectivity index (χ1) is 14.2. The zero-order valence-corrected chi connectivity index (χ0v) is 18.3. The van der Waals surface area contributed by atoms with Crippen LogP contribution in [0.5, 0.6) is 0 Å². The Morgan fingerprint density at radius 2 is 0.833 bits per heavy atom. The van der Waals surface area contributed by atoms with E-state index in [4.69, 9.17) is 20.4 Å². The number of carboxylic acids is 4. The Morgan fingerprint density at radius 3 is 1.07 bits per heavy atom. The third kappa shape index (κ3) is 19.7. The molecule has 0 aromatic rings. The monoisotopic (exact) mass is 470 g/mol. The van der Waals surface area contributed by atoms with E-state index < -0.39 is 23.9 Å². The van der Waals surface area contributed by atoms with E-state index in [1.807, 2.05) is 0 Å². The summed E-state index contributed by atoms with van der Waals surface area (Å²) in [6, 6.07) is 0. The molecular weight excluding hydrogens is 440 g/mol. The minimum absolute atomic E-state index is 0.0829. The van der Waals surface area contributed by atoms with Crippen LogP contribution in [0.4, 0.5) is 0 Å². The Kier molecular flexibility index (Phi) is 17.3. The average molecular weight is 471 g/mol. The van der Waals surface area contributed by atoms with Gasteiger partial charge in [0, 0.05) is 50.8 Å². The SMILES string of the molecule is O=C(O)CCN(CCC(=O)O)NCCSSCCNN(CCC(=O)O)CCC(=O)O. The van der Waals surface area contributed by atoms with Gasteiger partial charge in [-0.3, -0.25) is 30.0 Å². The maximum absolute atomic E-state index is 10.7. The first kappa shape index (κ1) is 28.4. The van der Waals surface area contributed by atoms with Crippen molar-refractivity contribution in [3.8, 4) is 0 Å². The molecule has 0 fully saturated rings. The lowest BCUT2D eigenvalue weighted by atomic mass is 10.3. The van der Waals surface area contributed by atoms with Gasteiger partial charge in [0.25, 0.3) is 0 Å². The van der Waals surface area contributed by atoms with E-state index in [2.05, 4.69) is 10.9 Å². The third-order valence-electron chi connectivity index (χ3n) is 3.51. The van der Waals surface area contributed by atoms with Gasteiger partial charge >= 0.3 is 23.9 Å². The topological polar surface area (TPSA) is 180 Å². The van der Waals surface area contributed by atoms with Crippen LogP contribution in [-0.2, 0) is 19.2 Å². The van der Waals surface area contributed by atoms with Crippen molar-refractivity contribution in [3.63, 3.8) is 0 Å². The molecule has 0 amide bonds. The predicted molar refractivity (Wildman–Crippen MR) is 113 cm³/mol. The number of carboxylic acid groups (broad SMARTS) is 4. The number of carbonyl (C=O) groups is 4. The Hall–Kier alpha value is -1.58. The summed E-state index contributed by atoms with van der Waals surface area (Å²) in [6.45, 7) is 1.96. The molecule has 12 nitrogen and oxygen atoms in total. The molecule has 0 aromatic carbocycles. The van der Waals surface area contributed by atoms with E-state index in [0.717, 1.165) is 0 Å². The smallest absolute Gasteiger partial charge is 0.304 e. The molecule has 0 aliphatic carbocycles. The van der Waals surface area contributed by atoms with Crippen LogP contribution < -0.4 is 10.9 Å². The maximum Gasteiger partial charge on any atom is 0.304 e. The summed E-state index contributed by atoms with van der Waals surface area (Å²) >= 11 is 0. The number of nitrogens with zero attached hydrogens (tertiary/aromatic N) is 2. The molecule has 30 heavy (non-hydrogen) atoms. The number of nitrogens with one attached hydrogen (secondary N) is 2. The van der Waals surface area contributed by atoms with E-state index >= 15 is 0 Å². The number of hydrazine groups is 2. The number of rotatable bonds is 21. The minimum atomic E-state index is -0.949. The van der Waals surface area contributed by atoms with E-state index in [0.29, 0.717) is 24.6 Å². The molecule has 174 valence electrons. The summed E-state index contributed by atoms with van der Waals surface area (Å²) < 4.78 is 0. The molecule has 0 saturated carbocycles. The van der Waals surface area contributed by atoms with E-state index in [-0.39, 0.29) is 51.9 Å². The minimum Gasteiger partial charge on any atom is -0.481 e. The van der Waals surface area contributed by atoms with Gasteiger partial charge < -0.3 is 20.4 Å². The van der Waals surface area contributed by atoms with Crippen LogP contribution in [0.1, 0.15) is 25.7 Å². The fourth-order valence-corrected chi connectivity index (χ4v) is 3.86. The van der Waals surface area contributed by atoms with Crippen molar-refractivity contribution in [1.29, 1.82) is 0 Å². The summed E-state index contributed by atoms with van der Waals surface area (Å²) in [5.41, 5.74) is 6.06. The van der Waals surface area contributed by atoms with Gasteiger partial charge in [-0.05, 0) is 0 Å². The van der Waals surface area contributed by atoms with E-state index in [1.54, 1.807) is 31.6 Å². The van der Waals surface area contributed by atoms with Crippen molar-refractivity contribution >= 4 is 45.5 Å². The van der Waals surface area contributed by atoms with Crippen molar-refractivity contribution in [3.05, 3.63) is 0 Å². The second-order valence-corrected chi connectivity index (χ2v) is 8.71. The molecule has 0 aliphatic heterocycles. The zero-order valence-electron chi connectivity index (χ0n) is 16.6. The van der Waals surface area contributed by atoms with Crippen molar-refractivity contribution in [2.45, 2.75) is 25.7 Å². The molecule has 0 heterocycles. The van der Waals surface area contributed by atoms with Crippen LogP contribution in [0.25, 0.3) is 0 Å². The molecular formula is C16H30N4O8S2. The average Bonchev–Trinajstić information content (AvgIpc) is 2.66. The number of hydrogen-bond acceptors (Lipinski definition) is 10. The molecule has 0 bridgehead atoms. The molecule has 14 heteroatoms. The van der Waals surface area contributed by atoms with Gasteiger partial charge in [0.1, 0.15) is 0 Å². The largest absolute Gasteiger partial charge is 0.481 e. The highest BCUT2D eigenvalue weighted by Gasteiger charge is 2.10. The maximum atomic E-state index is 10.7. The second-order valence-electron chi connectivity index (χ2n) is 6.01. The normalized spacial score (nSPS) is 11.1. The molecule has 0 saturated heterocycles. The van der Waals surface area contributed by atoms with Crippen LogP contribution >= 0.6 is 21.6 Å². The Bertz CT molecular complexity index is 459. The quantitative estimate of drug-likeness (QED) is 0.0742. The lowest BCUT2D eigenvalue weighted by Crippen LogP contribution is -2.42. The third-order valence-corrected chi connectivity index (χ3v) is 5.92. The molecule has 0 radical (unpaired) electrons. The number of hydrogen-bond donors (Lipinski definition) is 6. The first-order valence-electron chi connectivity index (χ1n) is 9.29. The molecule has 0 aromatic heterocycles. The molecule has 0 rings (SSSR count). The van der Waals surface area contributed by atoms with E-state index in [9.17, 15) is 19.2 Å². The van der Waals surface area contributed by atoms with Gasteiger partial charge in [0.15, 0.2) is 0 Å². The van der Waals surface area contributed by atoms with Crippen molar-refractivity contribution in [2.75, 3.05) is 50.8 Å². The lowest BCUT2D eigenvalue weighted by Gasteiger charge is -2.22. The molecule has 0 unspecified atom stereocenters. The molecule has 0 aliphatic rings. The summed E-state index contributed by atoms with van der Waals surface area (Å²) in [5, 5.41) is 38.2. The highest BCUT2D eigenvalue weighted by atomic mass is 33.1. The van der Waals surface area contributed by atoms with Gasteiger partial charge in [-0.15, -0.1) is 0 Å². The summed E-state index contributed by atoms with van der Waals surface area (Å²) in [7, 11) is 3.16. The Balaban J connectivity index is 3.95. The van der Waals surface area contributed by atoms with Gasteiger partial charge in [-0.25, -0.2) is 10.0 Å².